The standard InChI is InChI=1S/C29H38N8O4S/c1-3-24-30-22-6-4-5-7-23(22)37(24)28-32-26-25(27(33-28)36-14-16-40-17-15-36)31-29(34(26)2)41-21-8-12-35(13-9-21)20-10-18-42(38,39)19-11-20/h4-7,20-21H,3,8-19H2,1-2H3. The van der Waals surface area contributed by atoms with E-state index in [1.165, 1.54) is 0 Å². The fourth-order valence-corrected chi connectivity index (χ4v) is 7.97. The van der Waals surface area contributed by atoms with Crippen LogP contribution in [0, 0.1) is 0 Å². The van der Waals surface area contributed by atoms with E-state index in [1.54, 1.807) is 0 Å². The molecule has 0 bridgehead atoms. The van der Waals surface area contributed by atoms with Crippen molar-refractivity contribution in [3.05, 3.63) is 30.1 Å². The lowest BCUT2D eigenvalue weighted by Crippen LogP contribution is -2.47. The average molecular weight is 595 g/mol. The smallest absolute Gasteiger partial charge is 0.298 e. The molecule has 0 aliphatic carbocycles. The third kappa shape index (κ3) is 5.11. The number of rotatable bonds is 6. The van der Waals surface area contributed by atoms with E-state index in [0.29, 0.717) is 42.7 Å². The summed E-state index contributed by atoms with van der Waals surface area (Å²) in [4.78, 5) is 24.6. The van der Waals surface area contributed by atoms with Crippen molar-refractivity contribution in [2.45, 2.75) is 51.2 Å². The molecule has 0 amide bonds. The second-order valence-electron chi connectivity index (χ2n) is 11.5. The minimum atomic E-state index is -2.86. The Morgan fingerprint density at radius 1 is 0.952 bits per heavy atom. The number of hydrogen-bond donors (Lipinski definition) is 0. The number of ether oxygens (including phenoxy) is 2. The van der Waals surface area contributed by atoms with Crippen LogP contribution in [0.15, 0.2) is 24.3 Å². The minimum Gasteiger partial charge on any atom is -0.461 e. The Hall–Kier alpha value is -3.29. The molecule has 6 heterocycles. The maximum absolute atomic E-state index is 11.9. The largest absolute Gasteiger partial charge is 0.461 e. The summed E-state index contributed by atoms with van der Waals surface area (Å²) in [5.74, 6) is 2.87. The van der Waals surface area contributed by atoms with Gasteiger partial charge in [-0.05, 0) is 37.8 Å². The van der Waals surface area contributed by atoms with Crippen LogP contribution >= 0.6 is 0 Å². The van der Waals surface area contributed by atoms with E-state index in [4.69, 9.17) is 29.4 Å². The van der Waals surface area contributed by atoms with Gasteiger partial charge in [-0.25, -0.2) is 13.4 Å². The number of sulfone groups is 1. The summed E-state index contributed by atoms with van der Waals surface area (Å²) in [6.45, 7) is 6.62. The number of likely N-dealkylation sites (tertiary alicyclic amines) is 1. The Morgan fingerprint density at radius 3 is 2.43 bits per heavy atom. The van der Waals surface area contributed by atoms with Crippen LogP contribution in [0.1, 0.15) is 38.4 Å². The van der Waals surface area contributed by atoms with E-state index in [9.17, 15) is 8.42 Å². The number of morpholine rings is 1. The van der Waals surface area contributed by atoms with E-state index in [1.807, 2.05) is 29.8 Å². The van der Waals surface area contributed by atoms with Gasteiger partial charge < -0.3 is 19.3 Å². The number of fused-ring (bicyclic) bond motifs is 2. The number of aromatic nitrogens is 6. The first-order chi connectivity index (χ1) is 20.4. The Kier molecular flexibility index (Phi) is 7.27. The SMILES string of the molecule is CCc1nc2ccccc2n1-c1nc(N2CCOCC2)c2nc(OC3CCN(C4CCS(=O)(=O)CC4)CC3)n(C)c2n1. The zero-order valence-electron chi connectivity index (χ0n) is 24.3. The van der Waals surface area contributed by atoms with Gasteiger partial charge in [-0.3, -0.25) is 9.13 Å². The summed E-state index contributed by atoms with van der Waals surface area (Å²) in [5, 5.41) is 0. The summed E-state index contributed by atoms with van der Waals surface area (Å²) >= 11 is 0. The van der Waals surface area contributed by atoms with Gasteiger partial charge in [0.05, 0.1) is 35.8 Å². The molecule has 3 saturated heterocycles. The van der Waals surface area contributed by atoms with Crippen LogP contribution in [0.2, 0.25) is 0 Å². The van der Waals surface area contributed by atoms with Crippen LogP contribution in [0.5, 0.6) is 6.01 Å². The van der Waals surface area contributed by atoms with Gasteiger partial charge in [0.1, 0.15) is 21.8 Å². The predicted octanol–water partition coefficient (Wildman–Crippen LogP) is 2.52. The number of hydrogen-bond acceptors (Lipinski definition) is 10. The number of imidazole rings is 2. The number of benzene rings is 1. The van der Waals surface area contributed by atoms with Gasteiger partial charge in [0.15, 0.2) is 17.0 Å². The van der Waals surface area contributed by atoms with E-state index < -0.39 is 9.84 Å². The Morgan fingerprint density at radius 2 is 1.69 bits per heavy atom. The zero-order valence-corrected chi connectivity index (χ0v) is 25.1. The normalized spacial score (nSPS) is 21.0. The average Bonchev–Trinajstić information content (AvgIpc) is 3.55. The fourth-order valence-electron chi connectivity index (χ4n) is 6.50. The van der Waals surface area contributed by atoms with Crippen molar-refractivity contribution in [2.75, 3.05) is 55.8 Å². The number of anilines is 1. The van der Waals surface area contributed by atoms with E-state index >= 15 is 0 Å². The summed E-state index contributed by atoms with van der Waals surface area (Å²) < 4.78 is 39.9. The van der Waals surface area contributed by atoms with E-state index in [0.717, 1.165) is 92.1 Å². The van der Waals surface area contributed by atoms with Gasteiger partial charge in [-0.15, -0.1) is 0 Å². The molecule has 224 valence electrons. The Bertz CT molecular complexity index is 1690. The van der Waals surface area contributed by atoms with Crippen molar-refractivity contribution < 1.29 is 17.9 Å². The number of aryl methyl sites for hydroxylation is 2. The lowest BCUT2D eigenvalue weighted by molar-refractivity contribution is 0.0651. The van der Waals surface area contributed by atoms with Gasteiger partial charge >= 0.3 is 0 Å². The third-order valence-corrected chi connectivity index (χ3v) is 10.6. The topological polar surface area (TPSA) is 121 Å². The number of para-hydroxylation sites is 2. The van der Waals surface area contributed by atoms with E-state index in [2.05, 4.69) is 27.4 Å². The Balaban J connectivity index is 1.19. The van der Waals surface area contributed by atoms with Crippen molar-refractivity contribution in [1.82, 2.24) is 34.0 Å². The van der Waals surface area contributed by atoms with Gasteiger partial charge in [-0.2, -0.15) is 15.0 Å². The van der Waals surface area contributed by atoms with Crippen LogP contribution in [-0.2, 0) is 28.0 Å². The molecule has 0 radical (unpaired) electrons. The second-order valence-corrected chi connectivity index (χ2v) is 13.8. The van der Waals surface area contributed by atoms with Crippen LogP contribution < -0.4 is 9.64 Å². The van der Waals surface area contributed by atoms with Gasteiger partial charge in [-0.1, -0.05) is 19.1 Å². The first-order valence-corrected chi connectivity index (χ1v) is 16.9. The van der Waals surface area contributed by atoms with Crippen molar-refractivity contribution in [1.29, 1.82) is 0 Å². The highest BCUT2D eigenvalue weighted by atomic mass is 32.2. The molecule has 3 aliphatic rings. The Labute approximate surface area is 245 Å². The third-order valence-electron chi connectivity index (χ3n) is 8.89. The maximum atomic E-state index is 11.9. The molecule has 13 heteroatoms. The van der Waals surface area contributed by atoms with Crippen LogP contribution in [0.25, 0.3) is 28.1 Å². The molecule has 1 aromatic carbocycles. The molecule has 3 aliphatic heterocycles. The molecule has 3 fully saturated rings. The summed E-state index contributed by atoms with van der Waals surface area (Å²) in [6.07, 6.45) is 4.00. The van der Waals surface area contributed by atoms with Crippen LogP contribution in [-0.4, -0.2) is 105 Å². The van der Waals surface area contributed by atoms with E-state index in [-0.39, 0.29) is 6.10 Å². The minimum absolute atomic E-state index is 0.0349. The molecule has 3 aromatic heterocycles. The molecule has 0 unspecified atom stereocenters. The molecule has 0 spiro atoms. The lowest BCUT2D eigenvalue weighted by Gasteiger charge is -2.38. The van der Waals surface area contributed by atoms with Gasteiger partial charge in [0.25, 0.3) is 6.01 Å². The zero-order chi connectivity index (χ0) is 28.8. The van der Waals surface area contributed by atoms with Crippen molar-refractivity contribution >= 4 is 37.9 Å². The molecule has 0 saturated carbocycles. The predicted molar refractivity (Wildman–Crippen MR) is 160 cm³/mol. The highest BCUT2D eigenvalue weighted by Crippen LogP contribution is 2.31. The summed E-state index contributed by atoms with van der Waals surface area (Å²) in [5.41, 5.74) is 3.34. The van der Waals surface area contributed by atoms with Gasteiger partial charge in [0.2, 0.25) is 5.95 Å². The van der Waals surface area contributed by atoms with Crippen molar-refractivity contribution in [3.63, 3.8) is 0 Å². The molecule has 4 aromatic rings. The maximum Gasteiger partial charge on any atom is 0.298 e. The lowest BCUT2D eigenvalue weighted by atomic mass is 10.0. The van der Waals surface area contributed by atoms with Crippen LogP contribution in [0.3, 0.4) is 0 Å². The molecule has 7 rings (SSSR count). The van der Waals surface area contributed by atoms with Crippen molar-refractivity contribution in [2.24, 2.45) is 7.05 Å². The first-order valence-electron chi connectivity index (χ1n) is 15.0. The molecule has 0 N–H and O–H groups in total. The van der Waals surface area contributed by atoms with Gasteiger partial charge in [0, 0.05) is 45.7 Å². The second kappa shape index (κ2) is 11.1. The monoisotopic (exact) mass is 594 g/mol. The molecule has 0 atom stereocenters. The highest BCUT2D eigenvalue weighted by Gasteiger charge is 2.32. The molecular formula is C29H38N8O4S. The molecule has 42 heavy (non-hydrogen) atoms. The van der Waals surface area contributed by atoms with Crippen LogP contribution in [0.4, 0.5) is 5.82 Å². The fraction of sp³-hybridized carbons (Fsp3) is 0.586. The highest BCUT2D eigenvalue weighted by molar-refractivity contribution is 7.91. The molecular weight excluding hydrogens is 556 g/mol. The summed E-state index contributed by atoms with van der Waals surface area (Å²) in [6, 6.07) is 8.97. The number of nitrogens with zero attached hydrogens (tertiary/aromatic N) is 8. The summed E-state index contributed by atoms with van der Waals surface area (Å²) in [7, 11) is -0.903. The quantitative estimate of drug-likeness (QED) is 0.329. The number of piperidine rings is 1. The first kappa shape index (κ1) is 27.5. The van der Waals surface area contributed by atoms with Crippen molar-refractivity contribution in [3.8, 4) is 12.0 Å². The molecule has 12 nitrogen and oxygen atoms in total.